The van der Waals surface area contributed by atoms with E-state index in [4.69, 9.17) is 4.74 Å². The molecule has 1 aliphatic heterocycles. The van der Waals surface area contributed by atoms with E-state index in [1.807, 2.05) is 55.5 Å². The van der Waals surface area contributed by atoms with Crippen LogP contribution in [0.3, 0.4) is 0 Å². The Morgan fingerprint density at radius 2 is 1.92 bits per heavy atom. The second kappa shape index (κ2) is 7.38. The third kappa shape index (κ3) is 3.65. The fourth-order valence-electron chi connectivity index (χ4n) is 3.10. The van der Waals surface area contributed by atoms with Crippen LogP contribution in [0.5, 0.6) is 5.75 Å². The lowest BCUT2D eigenvalue weighted by atomic mass is 10.1. The number of methoxy groups -OCH3 is 1. The van der Waals surface area contributed by atoms with Crippen molar-refractivity contribution in [2.75, 3.05) is 18.6 Å². The number of benzene rings is 2. The summed E-state index contributed by atoms with van der Waals surface area (Å²) in [7, 11) is 1.58. The van der Waals surface area contributed by atoms with Gasteiger partial charge in [-0.15, -0.1) is 0 Å². The number of para-hydroxylation sites is 2. The Hall–Kier alpha value is -2.82. The molecule has 5 nitrogen and oxygen atoms in total. The van der Waals surface area contributed by atoms with Gasteiger partial charge in [0.15, 0.2) is 0 Å². The van der Waals surface area contributed by atoms with Crippen molar-refractivity contribution in [1.82, 2.24) is 5.32 Å². The Kier molecular flexibility index (Phi) is 5.03. The summed E-state index contributed by atoms with van der Waals surface area (Å²) in [4.78, 5) is 26.5. The van der Waals surface area contributed by atoms with E-state index in [9.17, 15) is 9.59 Å². The highest BCUT2D eigenvalue weighted by molar-refractivity contribution is 6.01. The van der Waals surface area contributed by atoms with Gasteiger partial charge >= 0.3 is 0 Å². The number of carbonyl (C=O) groups is 2. The van der Waals surface area contributed by atoms with E-state index in [0.29, 0.717) is 24.5 Å². The Morgan fingerprint density at radius 1 is 1.20 bits per heavy atom. The van der Waals surface area contributed by atoms with E-state index < -0.39 is 0 Å². The van der Waals surface area contributed by atoms with Crippen molar-refractivity contribution >= 4 is 17.5 Å². The molecule has 0 bridgehead atoms. The third-order valence-electron chi connectivity index (χ3n) is 4.59. The van der Waals surface area contributed by atoms with Crippen molar-refractivity contribution in [3.8, 4) is 5.75 Å². The quantitative estimate of drug-likeness (QED) is 0.912. The number of anilines is 1. The second-order valence-corrected chi connectivity index (χ2v) is 6.22. The van der Waals surface area contributed by atoms with Crippen LogP contribution in [0.1, 0.15) is 17.5 Å². The molecule has 130 valence electrons. The zero-order valence-electron chi connectivity index (χ0n) is 14.5. The molecular formula is C20H22N2O3. The number of aryl methyl sites for hydroxylation is 1. The van der Waals surface area contributed by atoms with Crippen LogP contribution in [-0.2, 0) is 16.1 Å². The molecule has 0 aromatic heterocycles. The topological polar surface area (TPSA) is 58.6 Å². The molecule has 0 aliphatic carbocycles. The van der Waals surface area contributed by atoms with Gasteiger partial charge in [0.05, 0.1) is 18.7 Å². The molecule has 5 heteroatoms. The Labute approximate surface area is 147 Å². The molecule has 1 atom stereocenters. The van der Waals surface area contributed by atoms with Crippen LogP contribution in [0.4, 0.5) is 5.69 Å². The number of nitrogens with one attached hydrogen (secondary N) is 1. The summed E-state index contributed by atoms with van der Waals surface area (Å²) in [5.41, 5.74) is 2.94. The maximum absolute atomic E-state index is 12.5. The van der Waals surface area contributed by atoms with Crippen molar-refractivity contribution in [2.45, 2.75) is 19.9 Å². The monoisotopic (exact) mass is 338 g/mol. The second-order valence-electron chi connectivity index (χ2n) is 6.22. The van der Waals surface area contributed by atoms with Gasteiger partial charge in [-0.05, 0) is 30.2 Å². The zero-order valence-corrected chi connectivity index (χ0v) is 14.5. The predicted molar refractivity (Wildman–Crippen MR) is 96.5 cm³/mol. The highest BCUT2D eigenvalue weighted by Crippen LogP contribution is 2.32. The van der Waals surface area contributed by atoms with Crippen molar-refractivity contribution in [3.63, 3.8) is 0 Å². The number of hydrogen-bond donors (Lipinski definition) is 1. The Balaban J connectivity index is 1.66. The normalized spacial score (nSPS) is 16.8. The molecule has 0 saturated carbocycles. The molecule has 0 spiro atoms. The fraction of sp³-hybridized carbons (Fsp3) is 0.300. The fourth-order valence-corrected chi connectivity index (χ4v) is 3.10. The number of hydrogen-bond acceptors (Lipinski definition) is 3. The lowest BCUT2D eigenvalue weighted by Crippen LogP contribution is -2.32. The lowest BCUT2D eigenvalue weighted by molar-refractivity contribution is -0.126. The summed E-state index contributed by atoms with van der Waals surface area (Å²) < 4.78 is 5.33. The van der Waals surface area contributed by atoms with Crippen molar-refractivity contribution < 1.29 is 14.3 Å². The molecule has 2 amide bonds. The summed E-state index contributed by atoms with van der Waals surface area (Å²) >= 11 is 0. The number of rotatable bonds is 5. The van der Waals surface area contributed by atoms with Gasteiger partial charge in [-0.2, -0.15) is 0 Å². The summed E-state index contributed by atoms with van der Waals surface area (Å²) in [6, 6.07) is 15.3. The van der Waals surface area contributed by atoms with Crippen LogP contribution in [-0.4, -0.2) is 25.5 Å². The molecule has 3 rings (SSSR count). The van der Waals surface area contributed by atoms with Gasteiger partial charge in [0.25, 0.3) is 0 Å². The highest BCUT2D eigenvalue weighted by Gasteiger charge is 2.36. The van der Waals surface area contributed by atoms with E-state index in [-0.39, 0.29) is 24.2 Å². The summed E-state index contributed by atoms with van der Waals surface area (Å²) in [5, 5.41) is 2.95. The van der Waals surface area contributed by atoms with Crippen LogP contribution < -0.4 is 15.0 Å². The van der Waals surface area contributed by atoms with Gasteiger partial charge in [-0.3, -0.25) is 9.59 Å². The van der Waals surface area contributed by atoms with E-state index in [2.05, 4.69) is 5.32 Å². The first-order valence-electron chi connectivity index (χ1n) is 8.35. The molecular weight excluding hydrogens is 316 g/mol. The highest BCUT2D eigenvalue weighted by atomic mass is 16.5. The van der Waals surface area contributed by atoms with E-state index in [0.717, 1.165) is 11.1 Å². The van der Waals surface area contributed by atoms with E-state index in [1.165, 1.54) is 0 Å². The third-order valence-corrected chi connectivity index (χ3v) is 4.59. The average molecular weight is 338 g/mol. The lowest BCUT2D eigenvalue weighted by Gasteiger charge is -2.19. The Bertz CT molecular complexity index is 788. The largest absolute Gasteiger partial charge is 0.495 e. The van der Waals surface area contributed by atoms with Gasteiger partial charge in [0.1, 0.15) is 5.75 Å². The van der Waals surface area contributed by atoms with Crippen LogP contribution in [0.2, 0.25) is 0 Å². The zero-order chi connectivity index (χ0) is 17.8. The smallest absolute Gasteiger partial charge is 0.227 e. The number of ether oxygens (including phenoxy) is 1. The summed E-state index contributed by atoms with van der Waals surface area (Å²) in [6.45, 7) is 2.87. The molecule has 1 heterocycles. The minimum atomic E-state index is -0.346. The molecule has 1 aliphatic rings. The average Bonchev–Trinajstić information content (AvgIpc) is 3.02. The summed E-state index contributed by atoms with van der Waals surface area (Å²) in [6.07, 6.45) is 0.220. The first-order chi connectivity index (χ1) is 12.1. The van der Waals surface area contributed by atoms with E-state index >= 15 is 0 Å². The van der Waals surface area contributed by atoms with Crippen LogP contribution >= 0.6 is 0 Å². The van der Waals surface area contributed by atoms with Crippen LogP contribution in [0.25, 0.3) is 0 Å². The molecule has 0 unspecified atom stereocenters. The summed E-state index contributed by atoms with van der Waals surface area (Å²) in [5.74, 6) is 0.146. The van der Waals surface area contributed by atoms with Crippen LogP contribution in [0, 0.1) is 12.8 Å². The first kappa shape index (κ1) is 17.0. The molecule has 0 radical (unpaired) electrons. The number of amides is 2. The van der Waals surface area contributed by atoms with Gasteiger partial charge in [0.2, 0.25) is 11.8 Å². The number of carbonyl (C=O) groups excluding carboxylic acids is 2. The maximum Gasteiger partial charge on any atom is 0.227 e. The molecule has 1 fully saturated rings. The van der Waals surface area contributed by atoms with Crippen molar-refractivity contribution in [1.29, 1.82) is 0 Å². The maximum atomic E-state index is 12.5. The SMILES string of the molecule is COc1ccccc1N1C[C@@H](C(=O)NCc2ccccc2C)CC1=O. The van der Waals surface area contributed by atoms with Gasteiger partial charge in [-0.25, -0.2) is 0 Å². The molecule has 2 aromatic rings. The molecule has 2 aromatic carbocycles. The van der Waals surface area contributed by atoms with Gasteiger partial charge in [-0.1, -0.05) is 36.4 Å². The van der Waals surface area contributed by atoms with Gasteiger partial charge < -0.3 is 15.0 Å². The molecule has 1 saturated heterocycles. The van der Waals surface area contributed by atoms with Crippen molar-refractivity contribution in [3.05, 3.63) is 59.7 Å². The van der Waals surface area contributed by atoms with Gasteiger partial charge in [0, 0.05) is 19.5 Å². The first-order valence-corrected chi connectivity index (χ1v) is 8.35. The minimum Gasteiger partial charge on any atom is -0.495 e. The Morgan fingerprint density at radius 3 is 2.68 bits per heavy atom. The standard InChI is InChI=1S/C20H22N2O3/c1-14-7-3-4-8-15(14)12-21-20(24)16-11-19(23)22(13-16)17-9-5-6-10-18(17)25-2/h3-10,16H,11-13H2,1-2H3,(H,21,24)/t16-/m0/s1. The van der Waals surface area contributed by atoms with Crippen LogP contribution in [0.15, 0.2) is 48.5 Å². The van der Waals surface area contributed by atoms with Crippen molar-refractivity contribution in [2.24, 2.45) is 5.92 Å². The molecule has 1 N–H and O–H groups in total. The van der Waals surface area contributed by atoms with E-state index in [1.54, 1.807) is 12.0 Å². The minimum absolute atomic E-state index is 0.0551. The molecule has 25 heavy (non-hydrogen) atoms. The predicted octanol–water partition coefficient (Wildman–Crippen LogP) is 2.67. The number of nitrogens with zero attached hydrogens (tertiary/aromatic N) is 1.